The van der Waals surface area contributed by atoms with E-state index in [9.17, 15) is 15.2 Å². The molecule has 0 aliphatic carbocycles. The molecule has 2 N–H and O–H groups in total. The van der Waals surface area contributed by atoms with Gasteiger partial charge in [-0.25, -0.2) is 0 Å². The molecule has 0 radical (unpaired) electrons. The van der Waals surface area contributed by atoms with Crippen molar-refractivity contribution in [2.24, 2.45) is 0 Å². The topological polar surface area (TPSA) is 78.6 Å². The molecule has 1 heterocycles. The van der Waals surface area contributed by atoms with Crippen LogP contribution in [0.2, 0.25) is 5.02 Å². The van der Waals surface area contributed by atoms with E-state index in [0.717, 1.165) is 26.2 Å². The molecule has 0 spiro atoms. The maximum Gasteiger partial charge on any atom is 0.278 e. The van der Waals surface area contributed by atoms with Crippen LogP contribution in [-0.4, -0.2) is 41.1 Å². The lowest BCUT2D eigenvalue weighted by molar-refractivity contribution is -0.386. The lowest BCUT2D eigenvalue weighted by Crippen LogP contribution is -2.44. The number of nitrogens with zero attached hydrogens (tertiary/aromatic N) is 2. The van der Waals surface area contributed by atoms with Crippen LogP contribution in [0, 0.1) is 10.1 Å². The van der Waals surface area contributed by atoms with E-state index in [0.29, 0.717) is 0 Å². The molecule has 9 heteroatoms. The molecule has 1 atom stereocenters. The number of nitro groups is 1. The number of phenolic OH excluding ortho intramolecular Hbond substituents is 1. The van der Waals surface area contributed by atoms with E-state index < -0.39 is 11.0 Å². The van der Waals surface area contributed by atoms with E-state index in [1.54, 1.807) is 6.08 Å². The fourth-order valence-corrected chi connectivity index (χ4v) is 2.60. The Morgan fingerprint density at radius 3 is 2.50 bits per heavy atom. The summed E-state index contributed by atoms with van der Waals surface area (Å²) in [5, 5.41) is 24.6. The molecule has 0 aromatic heterocycles. The van der Waals surface area contributed by atoms with E-state index in [1.165, 1.54) is 12.1 Å². The van der Waals surface area contributed by atoms with Gasteiger partial charge >= 0.3 is 0 Å². The Morgan fingerprint density at radius 2 is 2.00 bits per heavy atom. The van der Waals surface area contributed by atoms with Gasteiger partial charge in [-0.05, 0) is 6.07 Å². The summed E-state index contributed by atoms with van der Waals surface area (Å²) >= 11 is 5.89. The van der Waals surface area contributed by atoms with Crippen molar-refractivity contribution in [1.29, 1.82) is 0 Å². The van der Waals surface area contributed by atoms with Crippen LogP contribution in [0.1, 0.15) is 11.6 Å². The second kappa shape index (κ2) is 9.17. The molecule has 6 nitrogen and oxygen atoms in total. The van der Waals surface area contributed by atoms with Gasteiger partial charge in [-0.3, -0.25) is 15.0 Å². The van der Waals surface area contributed by atoms with Crippen molar-refractivity contribution in [2.45, 2.75) is 6.04 Å². The van der Waals surface area contributed by atoms with Gasteiger partial charge in [0, 0.05) is 32.2 Å². The molecule has 124 valence electrons. The van der Waals surface area contributed by atoms with Gasteiger partial charge in [0.1, 0.15) is 5.75 Å². The summed E-state index contributed by atoms with van der Waals surface area (Å²) in [6, 6.07) is 2.21. The average molecular weight is 371 g/mol. The standard InChI is InChI=1S/C13H16ClN3O3.2ClH/c1-2-10(16-7-5-15-6-8-16)12-11(17(19)20)4-3-9(14)13(12)18;;/h2-4,10,15,18H,1,5-8H2;2*1H/t10-;;/m1../s1. The molecule has 1 aliphatic rings. The number of halogens is 3. The van der Waals surface area contributed by atoms with Crippen LogP contribution in [-0.2, 0) is 0 Å². The van der Waals surface area contributed by atoms with Crippen molar-refractivity contribution in [3.05, 3.63) is 45.5 Å². The van der Waals surface area contributed by atoms with Gasteiger partial charge in [0.25, 0.3) is 5.69 Å². The zero-order chi connectivity index (χ0) is 14.7. The lowest BCUT2D eigenvalue weighted by Gasteiger charge is -2.33. The molecule has 22 heavy (non-hydrogen) atoms. The minimum atomic E-state index is -0.510. The number of nitro benzene ring substituents is 1. The SMILES string of the molecule is C=C[C@H](c1c([N+](=O)[O-])ccc(Cl)c1O)N1CCNCC1.Cl.Cl. The third-order valence-electron chi connectivity index (χ3n) is 3.41. The summed E-state index contributed by atoms with van der Waals surface area (Å²) < 4.78 is 0. The summed E-state index contributed by atoms with van der Waals surface area (Å²) in [7, 11) is 0. The highest BCUT2D eigenvalue weighted by Crippen LogP contribution is 2.41. The Bertz CT molecular complexity index is 537. The molecular weight excluding hydrogens is 353 g/mol. The minimum absolute atomic E-state index is 0. The minimum Gasteiger partial charge on any atom is -0.506 e. The summed E-state index contributed by atoms with van der Waals surface area (Å²) in [6.45, 7) is 6.77. The van der Waals surface area contributed by atoms with Gasteiger partial charge in [-0.1, -0.05) is 17.7 Å². The number of nitrogens with one attached hydrogen (secondary N) is 1. The maximum absolute atomic E-state index is 11.2. The van der Waals surface area contributed by atoms with E-state index in [2.05, 4.69) is 11.9 Å². The van der Waals surface area contributed by atoms with Crippen molar-refractivity contribution in [2.75, 3.05) is 26.2 Å². The highest BCUT2D eigenvalue weighted by Gasteiger charge is 2.30. The lowest BCUT2D eigenvalue weighted by atomic mass is 10.0. The van der Waals surface area contributed by atoms with Crippen LogP contribution in [0.5, 0.6) is 5.75 Å². The Labute approximate surface area is 146 Å². The molecule has 2 rings (SSSR count). The number of benzene rings is 1. The van der Waals surface area contributed by atoms with Gasteiger partial charge in [0.05, 0.1) is 21.6 Å². The third-order valence-corrected chi connectivity index (χ3v) is 3.71. The zero-order valence-electron chi connectivity index (χ0n) is 11.7. The molecular formula is C13H18Cl3N3O3. The maximum atomic E-state index is 11.2. The average Bonchev–Trinajstić information content (AvgIpc) is 2.45. The monoisotopic (exact) mass is 369 g/mol. The first kappa shape index (κ1) is 20.9. The number of hydrogen-bond acceptors (Lipinski definition) is 5. The highest BCUT2D eigenvalue weighted by atomic mass is 35.5. The molecule has 1 aliphatic heterocycles. The number of piperazine rings is 1. The molecule has 1 saturated heterocycles. The number of aromatic hydroxyl groups is 1. The van der Waals surface area contributed by atoms with Gasteiger partial charge in [0.2, 0.25) is 0 Å². The second-order valence-electron chi connectivity index (χ2n) is 4.55. The van der Waals surface area contributed by atoms with Crippen LogP contribution >= 0.6 is 36.4 Å². The van der Waals surface area contributed by atoms with Gasteiger partial charge in [-0.2, -0.15) is 0 Å². The molecule has 1 aromatic carbocycles. The van der Waals surface area contributed by atoms with E-state index >= 15 is 0 Å². The molecule has 0 unspecified atom stereocenters. The normalized spacial score (nSPS) is 16.0. The summed E-state index contributed by atoms with van der Waals surface area (Å²) in [5.74, 6) is -0.246. The van der Waals surface area contributed by atoms with Crippen molar-refractivity contribution in [3.63, 3.8) is 0 Å². The predicted octanol–water partition coefficient (Wildman–Crippen LogP) is 2.93. The van der Waals surface area contributed by atoms with Crippen LogP contribution in [0.25, 0.3) is 0 Å². The Balaban J connectivity index is 0.00000220. The van der Waals surface area contributed by atoms with Crippen molar-refractivity contribution >= 4 is 42.1 Å². The van der Waals surface area contributed by atoms with Crippen LogP contribution in [0.3, 0.4) is 0 Å². The quantitative estimate of drug-likeness (QED) is 0.484. The van der Waals surface area contributed by atoms with Gasteiger partial charge < -0.3 is 10.4 Å². The Kier molecular flexibility index (Phi) is 8.73. The summed E-state index contributed by atoms with van der Waals surface area (Å²) in [4.78, 5) is 12.7. The highest BCUT2D eigenvalue weighted by molar-refractivity contribution is 6.32. The Hall–Kier alpha value is -1.05. The van der Waals surface area contributed by atoms with E-state index in [4.69, 9.17) is 11.6 Å². The van der Waals surface area contributed by atoms with Gasteiger partial charge in [0.15, 0.2) is 0 Å². The molecule has 1 aromatic rings. The van der Waals surface area contributed by atoms with Crippen molar-refractivity contribution < 1.29 is 10.0 Å². The largest absolute Gasteiger partial charge is 0.506 e. The number of phenols is 1. The second-order valence-corrected chi connectivity index (χ2v) is 4.96. The summed E-state index contributed by atoms with van der Waals surface area (Å²) in [6.07, 6.45) is 1.60. The first-order valence-corrected chi connectivity index (χ1v) is 6.67. The van der Waals surface area contributed by atoms with Crippen LogP contribution in [0.4, 0.5) is 5.69 Å². The van der Waals surface area contributed by atoms with E-state index in [1.807, 2.05) is 4.90 Å². The Morgan fingerprint density at radius 1 is 1.41 bits per heavy atom. The molecule has 1 fully saturated rings. The number of rotatable bonds is 4. The number of hydrogen-bond donors (Lipinski definition) is 2. The third kappa shape index (κ3) is 4.24. The summed E-state index contributed by atoms with van der Waals surface area (Å²) in [5.41, 5.74) is 0.0646. The molecule has 0 saturated carbocycles. The first-order chi connectivity index (χ1) is 9.56. The van der Waals surface area contributed by atoms with Crippen LogP contribution < -0.4 is 5.32 Å². The van der Waals surface area contributed by atoms with Crippen LogP contribution in [0.15, 0.2) is 24.8 Å². The smallest absolute Gasteiger partial charge is 0.278 e. The predicted molar refractivity (Wildman–Crippen MR) is 91.6 cm³/mol. The van der Waals surface area contributed by atoms with E-state index in [-0.39, 0.29) is 46.8 Å². The van der Waals surface area contributed by atoms with Crippen molar-refractivity contribution in [3.8, 4) is 5.75 Å². The fourth-order valence-electron chi connectivity index (χ4n) is 2.43. The van der Waals surface area contributed by atoms with Gasteiger partial charge in [-0.15, -0.1) is 31.4 Å². The zero-order valence-corrected chi connectivity index (χ0v) is 14.1. The molecule has 0 bridgehead atoms. The first-order valence-electron chi connectivity index (χ1n) is 6.29. The fraction of sp³-hybridized carbons (Fsp3) is 0.385. The van der Waals surface area contributed by atoms with Crippen molar-refractivity contribution in [1.82, 2.24) is 10.2 Å². The molecule has 0 amide bonds.